The highest BCUT2D eigenvalue weighted by molar-refractivity contribution is 7.89. The summed E-state index contributed by atoms with van der Waals surface area (Å²) < 4.78 is 32.1. The van der Waals surface area contributed by atoms with Crippen LogP contribution in [0, 0.1) is 6.92 Å². The highest BCUT2D eigenvalue weighted by Crippen LogP contribution is 2.27. The van der Waals surface area contributed by atoms with Crippen molar-refractivity contribution in [2.24, 2.45) is 0 Å². The third kappa shape index (κ3) is 3.52. The number of aliphatic hydroxyl groups is 1. The quantitative estimate of drug-likeness (QED) is 0.862. The number of sulfonamides is 1. The summed E-state index contributed by atoms with van der Waals surface area (Å²) in [6, 6.07) is 6.65. The molecule has 2 rings (SSSR count). The summed E-state index contributed by atoms with van der Waals surface area (Å²) in [4.78, 5) is 0.214. The van der Waals surface area contributed by atoms with Crippen LogP contribution in [-0.2, 0) is 14.8 Å². The molecule has 0 radical (unpaired) electrons. The lowest BCUT2D eigenvalue weighted by Gasteiger charge is -2.41. The van der Waals surface area contributed by atoms with Crippen LogP contribution >= 0.6 is 0 Å². The predicted molar refractivity (Wildman–Crippen MR) is 80.2 cm³/mol. The first kappa shape index (κ1) is 16.2. The fourth-order valence-corrected chi connectivity index (χ4v) is 3.78. The van der Waals surface area contributed by atoms with Crippen LogP contribution in [0.5, 0.6) is 0 Å². The van der Waals surface area contributed by atoms with Gasteiger partial charge < -0.3 is 9.84 Å². The lowest BCUT2D eigenvalue weighted by Crippen LogP contribution is -2.56. The molecule has 1 N–H and O–H groups in total. The van der Waals surface area contributed by atoms with Crippen molar-refractivity contribution in [2.75, 3.05) is 13.1 Å². The molecule has 116 valence electrons. The van der Waals surface area contributed by atoms with Gasteiger partial charge in [0, 0.05) is 6.54 Å². The Kier molecular flexibility index (Phi) is 4.26. The van der Waals surface area contributed by atoms with Gasteiger partial charge in [-0.05, 0) is 32.9 Å². The van der Waals surface area contributed by atoms with Gasteiger partial charge in [0.05, 0.1) is 17.5 Å². The zero-order valence-electron chi connectivity index (χ0n) is 12.5. The number of nitrogens with zero attached hydrogens (tertiary/aromatic N) is 1. The predicted octanol–water partition coefficient (Wildman–Crippen LogP) is 1.67. The molecule has 21 heavy (non-hydrogen) atoms. The van der Waals surface area contributed by atoms with Gasteiger partial charge in [0.15, 0.2) is 5.79 Å². The largest absolute Gasteiger partial charge is 0.365 e. The van der Waals surface area contributed by atoms with Crippen LogP contribution in [0.25, 0.3) is 0 Å². The van der Waals surface area contributed by atoms with Crippen molar-refractivity contribution in [2.45, 2.75) is 37.6 Å². The SMILES string of the molecule is C=C(C)C1CN(S(=O)(=O)c2ccc(C)cc2)CC(C)(O)O1. The van der Waals surface area contributed by atoms with Gasteiger partial charge >= 0.3 is 0 Å². The van der Waals surface area contributed by atoms with Crippen LogP contribution in [0.4, 0.5) is 0 Å². The van der Waals surface area contributed by atoms with E-state index in [1.165, 1.54) is 11.2 Å². The van der Waals surface area contributed by atoms with E-state index in [0.717, 1.165) is 5.56 Å². The molecule has 2 atom stereocenters. The maximum Gasteiger partial charge on any atom is 0.243 e. The Bertz CT molecular complexity index is 634. The Labute approximate surface area is 125 Å². The summed E-state index contributed by atoms with van der Waals surface area (Å²) >= 11 is 0. The highest BCUT2D eigenvalue weighted by atomic mass is 32.2. The molecule has 2 unspecified atom stereocenters. The zero-order valence-corrected chi connectivity index (χ0v) is 13.4. The van der Waals surface area contributed by atoms with Crippen molar-refractivity contribution in [3.63, 3.8) is 0 Å². The van der Waals surface area contributed by atoms with Crippen molar-refractivity contribution in [3.05, 3.63) is 42.0 Å². The van der Waals surface area contributed by atoms with Gasteiger partial charge in [-0.15, -0.1) is 0 Å². The van der Waals surface area contributed by atoms with E-state index in [-0.39, 0.29) is 18.0 Å². The second-order valence-electron chi connectivity index (χ2n) is 5.74. The first-order valence-corrected chi connectivity index (χ1v) is 8.18. The van der Waals surface area contributed by atoms with Crippen molar-refractivity contribution in [1.82, 2.24) is 4.31 Å². The molecule has 1 aliphatic heterocycles. The molecule has 1 heterocycles. The molecule has 0 bridgehead atoms. The monoisotopic (exact) mass is 311 g/mol. The van der Waals surface area contributed by atoms with E-state index >= 15 is 0 Å². The number of rotatable bonds is 3. The topological polar surface area (TPSA) is 66.8 Å². The molecular formula is C15H21NO4S. The van der Waals surface area contributed by atoms with Crippen molar-refractivity contribution >= 4 is 10.0 Å². The second-order valence-corrected chi connectivity index (χ2v) is 7.68. The standard InChI is InChI=1S/C15H21NO4S/c1-11(2)14-9-16(10-15(4,17)20-14)21(18,19)13-7-5-12(3)6-8-13/h5-8,14,17H,1,9-10H2,2-4H3. The lowest BCUT2D eigenvalue weighted by atomic mass is 10.1. The highest BCUT2D eigenvalue weighted by Gasteiger charge is 2.41. The van der Waals surface area contributed by atoms with E-state index in [1.54, 1.807) is 31.2 Å². The average molecular weight is 311 g/mol. The summed E-state index contributed by atoms with van der Waals surface area (Å²) in [5, 5.41) is 10.1. The van der Waals surface area contributed by atoms with E-state index in [2.05, 4.69) is 6.58 Å². The molecule has 0 amide bonds. The molecule has 1 saturated heterocycles. The Hall–Kier alpha value is -1.21. The molecule has 1 fully saturated rings. The summed E-state index contributed by atoms with van der Waals surface area (Å²) in [6.45, 7) is 8.94. The normalized spacial score (nSPS) is 27.5. The minimum Gasteiger partial charge on any atom is -0.365 e. The molecule has 0 aliphatic carbocycles. The van der Waals surface area contributed by atoms with Crippen LogP contribution in [-0.4, -0.2) is 42.8 Å². The zero-order chi connectivity index (χ0) is 15.8. The van der Waals surface area contributed by atoms with Crippen LogP contribution < -0.4 is 0 Å². The lowest BCUT2D eigenvalue weighted by molar-refractivity contribution is -0.237. The van der Waals surface area contributed by atoms with Crippen LogP contribution in [0.3, 0.4) is 0 Å². The minimum atomic E-state index is -3.66. The molecule has 0 spiro atoms. The molecule has 0 aromatic heterocycles. The van der Waals surface area contributed by atoms with Crippen molar-refractivity contribution < 1.29 is 18.3 Å². The summed E-state index contributed by atoms with van der Waals surface area (Å²) in [6.07, 6.45) is -0.519. The number of hydrogen-bond acceptors (Lipinski definition) is 4. The number of aryl methyl sites for hydroxylation is 1. The van der Waals surface area contributed by atoms with Crippen molar-refractivity contribution in [3.8, 4) is 0 Å². The molecule has 0 saturated carbocycles. The van der Waals surface area contributed by atoms with E-state index in [4.69, 9.17) is 4.74 Å². The van der Waals surface area contributed by atoms with E-state index in [1.807, 2.05) is 6.92 Å². The van der Waals surface area contributed by atoms with Gasteiger partial charge in [-0.1, -0.05) is 29.8 Å². The molecule has 5 nitrogen and oxygen atoms in total. The van der Waals surface area contributed by atoms with Gasteiger partial charge in [0.2, 0.25) is 10.0 Å². The molecule has 1 aromatic rings. The van der Waals surface area contributed by atoms with Crippen LogP contribution in [0.2, 0.25) is 0 Å². The van der Waals surface area contributed by atoms with Crippen LogP contribution in [0.1, 0.15) is 19.4 Å². The van der Waals surface area contributed by atoms with Crippen molar-refractivity contribution in [1.29, 1.82) is 0 Å². The fourth-order valence-electron chi connectivity index (χ4n) is 2.26. The Morgan fingerprint density at radius 3 is 2.52 bits per heavy atom. The summed E-state index contributed by atoms with van der Waals surface area (Å²) in [5.41, 5.74) is 1.67. The maximum absolute atomic E-state index is 12.7. The smallest absolute Gasteiger partial charge is 0.243 e. The number of benzene rings is 1. The number of ether oxygens (including phenoxy) is 1. The van der Waals surface area contributed by atoms with Gasteiger partial charge in [-0.3, -0.25) is 0 Å². The average Bonchev–Trinajstić information content (AvgIpc) is 2.37. The van der Waals surface area contributed by atoms with E-state index in [9.17, 15) is 13.5 Å². The summed E-state index contributed by atoms with van der Waals surface area (Å²) in [7, 11) is -3.66. The van der Waals surface area contributed by atoms with Gasteiger partial charge in [0.25, 0.3) is 0 Å². The Balaban J connectivity index is 2.34. The Morgan fingerprint density at radius 2 is 2.00 bits per heavy atom. The molecule has 1 aromatic carbocycles. The third-order valence-corrected chi connectivity index (χ3v) is 5.27. The molecule has 6 heteroatoms. The number of morpholine rings is 1. The fraction of sp³-hybridized carbons (Fsp3) is 0.467. The number of β-amino-alcohol motifs (C(OH)–C–C–N with tert-alkyl or cyclic N) is 1. The van der Waals surface area contributed by atoms with E-state index in [0.29, 0.717) is 5.57 Å². The first-order chi connectivity index (χ1) is 9.62. The summed E-state index contributed by atoms with van der Waals surface area (Å²) in [5.74, 6) is -1.53. The maximum atomic E-state index is 12.7. The molecular weight excluding hydrogens is 290 g/mol. The minimum absolute atomic E-state index is 0.104. The van der Waals surface area contributed by atoms with Gasteiger partial charge in [-0.25, -0.2) is 8.42 Å². The van der Waals surface area contributed by atoms with E-state index < -0.39 is 21.9 Å². The number of hydrogen-bond donors (Lipinski definition) is 1. The van der Waals surface area contributed by atoms with Gasteiger partial charge in [-0.2, -0.15) is 4.31 Å². The van der Waals surface area contributed by atoms with Gasteiger partial charge in [0.1, 0.15) is 0 Å². The third-order valence-electron chi connectivity index (χ3n) is 3.44. The van der Waals surface area contributed by atoms with Crippen LogP contribution in [0.15, 0.2) is 41.3 Å². The first-order valence-electron chi connectivity index (χ1n) is 6.74. The second kappa shape index (κ2) is 5.53. The molecule has 1 aliphatic rings. The Morgan fingerprint density at radius 1 is 1.43 bits per heavy atom.